The van der Waals surface area contributed by atoms with Crippen molar-refractivity contribution < 1.29 is 81.1 Å². The van der Waals surface area contributed by atoms with Crippen LogP contribution in [0.3, 0.4) is 0 Å². The van der Waals surface area contributed by atoms with Crippen molar-refractivity contribution in [2.45, 2.75) is 199 Å². The summed E-state index contributed by atoms with van der Waals surface area (Å²) < 4.78 is 76.9. The van der Waals surface area contributed by atoms with Gasteiger partial charge in [-0.3, -0.25) is 14.2 Å². The van der Waals surface area contributed by atoms with Gasteiger partial charge in [0.1, 0.15) is 30.7 Å². The molecule has 21 heteroatoms. The van der Waals surface area contributed by atoms with Crippen LogP contribution in [0.1, 0.15) is 107 Å². The summed E-state index contributed by atoms with van der Waals surface area (Å²) in [4.78, 5) is 60.2. The number of cyclic esters (lactones) is 1. The van der Waals surface area contributed by atoms with Crippen LogP contribution in [0.2, 0.25) is 0 Å². The maximum atomic E-state index is 15.0. The van der Waals surface area contributed by atoms with Crippen LogP contribution < -0.4 is 0 Å². The van der Waals surface area contributed by atoms with Crippen molar-refractivity contribution in [2.75, 3.05) is 21.2 Å². The van der Waals surface area contributed by atoms with Gasteiger partial charge in [-0.1, -0.05) is 58.0 Å². The second-order valence-corrected chi connectivity index (χ2v) is 21.5. The number of aliphatic hydroxyl groups is 1. The zero-order chi connectivity index (χ0) is 53.7. The van der Waals surface area contributed by atoms with Gasteiger partial charge in [0.05, 0.1) is 42.0 Å². The Morgan fingerprint density at radius 1 is 0.904 bits per heavy atom. The van der Waals surface area contributed by atoms with Crippen LogP contribution in [0.4, 0.5) is 9.59 Å². The Labute approximate surface area is 434 Å². The molecule has 0 unspecified atom stereocenters. The van der Waals surface area contributed by atoms with E-state index < -0.39 is 126 Å². The molecule has 0 aliphatic carbocycles. The van der Waals surface area contributed by atoms with E-state index in [0.29, 0.717) is 6.42 Å². The summed E-state index contributed by atoms with van der Waals surface area (Å²) in [5, 5.41) is 13.3. The molecule has 4 aliphatic rings. The van der Waals surface area contributed by atoms with Gasteiger partial charge >= 0.3 is 24.2 Å². The molecule has 1 aromatic carbocycles. The number of carbonyl (C=O) groups excluding carboxylic acids is 4. The Hall–Kier alpha value is -4.48. The summed E-state index contributed by atoms with van der Waals surface area (Å²) >= 11 is 5.79. The third-order valence-corrected chi connectivity index (χ3v) is 15.4. The number of methoxy groups -OCH3 is 1. The Morgan fingerprint density at radius 3 is 2.22 bits per heavy atom. The van der Waals surface area contributed by atoms with E-state index in [-0.39, 0.29) is 43.2 Å². The number of ether oxygens (including phenoxy) is 12. The number of benzene rings is 1. The predicted octanol–water partition coefficient (Wildman–Crippen LogP) is 6.75. The summed E-state index contributed by atoms with van der Waals surface area (Å²) in [6.07, 6.45) is -7.45. The number of hydrogen-bond acceptors (Lipinski definition) is 20. The highest BCUT2D eigenvalue weighted by molar-refractivity contribution is 7.80. The zero-order valence-electron chi connectivity index (χ0n) is 44.6. The topological polar surface area (TPSA) is 220 Å². The van der Waals surface area contributed by atoms with E-state index in [2.05, 4.69) is 4.98 Å². The van der Waals surface area contributed by atoms with Crippen LogP contribution in [-0.2, 0) is 73.0 Å². The molecule has 4 aliphatic heterocycles. The van der Waals surface area contributed by atoms with Gasteiger partial charge in [-0.15, -0.1) is 0 Å². The highest BCUT2D eigenvalue weighted by Crippen LogP contribution is 2.45. The molecule has 4 fully saturated rings. The molecule has 6 rings (SSSR count). The van der Waals surface area contributed by atoms with Gasteiger partial charge < -0.3 is 66.8 Å². The second-order valence-electron chi connectivity index (χ2n) is 21.1. The fourth-order valence-corrected chi connectivity index (χ4v) is 11.5. The molecule has 4 saturated heterocycles. The average molecular weight is 1050 g/mol. The van der Waals surface area contributed by atoms with Crippen LogP contribution in [0.25, 0.3) is 0 Å². The van der Waals surface area contributed by atoms with Crippen LogP contribution in [0.5, 0.6) is 0 Å². The van der Waals surface area contributed by atoms with Crippen molar-refractivity contribution in [3.05, 3.63) is 54.6 Å². The lowest BCUT2D eigenvalue weighted by Gasteiger charge is -2.50. The quantitative estimate of drug-likeness (QED) is 0.132. The second kappa shape index (κ2) is 24.0. The zero-order valence-corrected chi connectivity index (χ0v) is 45.4. The molecule has 0 spiro atoms. The van der Waals surface area contributed by atoms with Crippen molar-refractivity contribution in [1.82, 2.24) is 14.5 Å². The molecular weight excluding hydrogens is 971 g/mol. The van der Waals surface area contributed by atoms with Crippen molar-refractivity contribution in [2.24, 2.45) is 23.7 Å². The van der Waals surface area contributed by atoms with Gasteiger partial charge in [0, 0.05) is 44.7 Å². The molecule has 19 atom stereocenters. The minimum atomic E-state index is -1.84. The maximum Gasteiger partial charge on any atom is 0.509 e. The molecule has 0 bridgehead atoms. The number of likely N-dealkylation sites (N-methyl/N-ethyl adjacent to an activating group) is 1. The number of nitrogens with zero attached hydrogens (tertiary/aromatic N) is 3. The van der Waals surface area contributed by atoms with E-state index in [9.17, 15) is 24.3 Å². The first-order chi connectivity index (χ1) is 34.3. The van der Waals surface area contributed by atoms with Gasteiger partial charge in [0.25, 0.3) is 5.17 Å². The van der Waals surface area contributed by atoms with E-state index >= 15 is 0 Å². The van der Waals surface area contributed by atoms with Crippen LogP contribution in [0.15, 0.2) is 49.1 Å². The SMILES string of the molecule is CC[C@@H]1OC(=O)[C@H](C)[C@H](O[C@H]2C[C@](C)(OC)[C@H](OC(=O)OCc3ccccc3)[C@@H](C)O2)[C@H](C)[C@@H](O[C@@H]2O[C@H](C)C[C@H](N(C)C)[C@H]2OC(C)=O)[C@@](C)(O)C[C@@H](C)[C@H](OC(=S)n2ccnc2)[C@H](C)[C@H]2OC(=O)O[C@]12C. The number of imidazole rings is 1. The average Bonchev–Trinajstić information content (AvgIpc) is 3.99. The first-order valence-electron chi connectivity index (χ1n) is 25.2. The lowest BCUT2D eigenvalue weighted by atomic mass is 9.73. The summed E-state index contributed by atoms with van der Waals surface area (Å²) in [5.74, 6) is -4.65. The Kier molecular flexibility index (Phi) is 19.0. The third kappa shape index (κ3) is 13.3. The largest absolute Gasteiger partial charge is 0.509 e. The van der Waals surface area contributed by atoms with Crippen LogP contribution in [0, 0.1) is 23.7 Å². The minimum Gasteiger partial charge on any atom is -0.466 e. The van der Waals surface area contributed by atoms with Crippen LogP contribution >= 0.6 is 12.2 Å². The van der Waals surface area contributed by atoms with Crippen molar-refractivity contribution in [3.8, 4) is 0 Å². The molecule has 408 valence electrons. The molecule has 0 radical (unpaired) electrons. The Bertz CT molecular complexity index is 2180. The lowest BCUT2D eigenvalue weighted by Crippen LogP contribution is -2.62. The third-order valence-electron chi connectivity index (χ3n) is 15.1. The first kappa shape index (κ1) is 57.8. The van der Waals surface area contributed by atoms with Gasteiger partial charge in [-0.2, -0.15) is 0 Å². The molecule has 20 nitrogen and oxygen atoms in total. The molecule has 2 aromatic rings. The highest BCUT2D eigenvalue weighted by Gasteiger charge is 2.60. The molecule has 1 aromatic heterocycles. The Balaban J connectivity index is 1.43. The van der Waals surface area contributed by atoms with Crippen molar-refractivity contribution in [1.29, 1.82) is 0 Å². The van der Waals surface area contributed by atoms with Crippen LogP contribution in [-0.4, -0.2) is 161 Å². The molecule has 5 heterocycles. The van der Waals surface area contributed by atoms with E-state index in [1.165, 1.54) is 24.9 Å². The van der Waals surface area contributed by atoms with Crippen molar-refractivity contribution in [3.63, 3.8) is 0 Å². The maximum absolute atomic E-state index is 15.0. The molecule has 0 amide bonds. The highest BCUT2D eigenvalue weighted by atomic mass is 32.1. The van der Waals surface area contributed by atoms with Gasteiger partial charge in [0.2, 0.25) is 0 Å². The van der Waals surface area contributed by atoms with E-state index in [0.717, 1.165) is 5.56 Å². The fourth-order valence-electron chi connectivity index (χ4n) is 11.3. The number of esters is 2. The van der Waals surface area contributed by atoms with Gasteiger partial charge in [0.15, 0.2) is 36.5 Å². The molecular formula is C52H77N3O17S. The standard InChI is InChI=1S/C52H77N3O17S/c1-15-37-52(11)43(70-49(59)72-52)30(4)39(68-47(73)55-22-21-53-27-55)28(2)24-50(9,60)42(69-46-41(65-34(8)56)36(54(12)13)23-29(3)63-46)31(5)40(32(6)45(57)66-37)67-38-25-51(10,61-14)44(33(7)64-38)71-48(58)62-26-35-19-17-16-18-20-35/h16-22,27-33,36-44,46,60H,15,23-26H2,1-14H3/t28-,29-,30+,31+,32-,33-,36+,37+,38+,39+,40-,41-,42-,43-,44-,46+,50+,51+,52-/m1/s1. The number of rotatable bonds is 12. The van der Waals surface area contributed by atoms with E-state index in [1.54, 1.807) is 60.9 Å². The minimum absolute atomic E-state index is 0.00490. The first-order valence-corrected chi connectivity index (χ1v) is 25.6. The fraction of sp³-hybridized carbons (Fsp3) is 0.731. The summed E-state index contributed by atoms with van der Waals surface area (Å²) in [6.45, 7) is 18.8. The molecule has 73 heavy (non-hydrogen) atoms. The number of thiocarbonyl (C=S) groups is 1. The number of carbonyl (C=O) groups is 4. The molecule has 0 saturated carbocycles. The normalized spacial score (nSPS) is 39.5. The monoisotopic (exact) mass is 1050 g/mol. The lowest BCUT2D eigenvalue weighted by molar-refractivity contribution is -0.319. The summed E-state index contributed by atoms with van der Waals surface area (Å²) in [7, 11) is 5.22. The van der Waals surface area contributed by atoms with E-state index in [4.69, 9.17) is 69.1 Å². The summed E-state index contributed by atoms with van der Waals surface area (Å²) in [6, 6.07) is 8.82. The van der Waals surface area contributed by atoms with Gasteiger partial charge in [-0.25, -0.2) is 14.6 Å². The predicted molar refractivity (Wildman–Crippen MR) is 265 cm³/mol. The summed E-state index contributed by atoms with van der Waals surface area (Å²) in [5.41, 5.74) is -3.81. The number of hydrogen-bond donors (Lipinski definition) is 1. The number of aromatic nitrogens is 2. The number of fused-ring (bicyclic) bond motifs is 1. The molecule has 1 N–H and O–H groups in total. The smallest absolute Gasteiger partial charge is 0.466 e. The van der Waals surface area contributed by atoms with Gasteiger partial charge in [-0.05, 0) is 98.6 Å². The Morgan fingerprint density at radius 2 is 1.60 bits per heavy atom. The van der Waals surface area contributed by atoms with E-state index in [1.807, 2.05) is 70.1 Å². The van der Waals surface area contributed by atoms with Crippen molar-refractivity contribution >= 4 is 41.6 Å².